The van der Waals surface area contributed by atoms with Crippen LogP contribution >= 0.6 is 0 Å². The Bertz CT molecular complexity index is 1180. The van der Waals surface area contributed by atoms with E-state index in [4.69, 9.17) is 0 Å². The van der Waals surface area contributed by atoms with Crippen LogP contribution in [0.5, 0.6) is 11.5 Å². The average molecular weight is 516 g/mol. The number of phenols is 2. The zero-order chi connectivity index (χ0) is 27.3. The van der Waals surface area contributed by atoms with Gasteiger partial charge in [0.2, 0.25) is 23.2 Å². The van der Waals surface area contributed by atoms with Gasteiger partial charge in [0.15, 0.2) is 23.1 Å². The van der Waals surface area contributed by atoms with Crippen LogP contribution in [0.3, 0.4) is 0 Å². The van der Waals surface area contributed by atoms with Crippen molar-refractivity contribution < 1.29 is 46.7 Å². The zero-order valence-corrected chi connectivity index (χ0v) is 19.8. The normalized spacial score (nSPS) is 13.5. The first kappa shape index (κ1) is 27.1. The van der Waals surface area contributed by atoms with Crippen molar-refractivity contribution >= 4 is 22.9 Å². The Morgan fingerprint density at radius 2 is 0.944 bits per heavy atom. The van der Waals surface area contributed by atoms with E-state index in [0.717, 1.165) is 0 Å². The van der Waals surface area contributed by atoms with Crippen LogP contribution in [-0.4, -0.2) is 85.4 Å². The van der Waals surface area contributed by atoms with Crippen molar-refractivity contribution in [3.8, 4) is 11.5 Å². The zero-order valence-electron chi connectivity index (χ0n) is 19.8. The summed E-state index contributed by atoms with van der Waals surface area (Å²) in [6.07, 6.45) is 0. The Labute approximate surface area is 202 Å². The Balaban J connectivity index is 2.28. The van der Waals surface area contributed by atoms with Crippen molar-refractivity contribution in [1.29, 1.82) is 0 Å². The number of ketones is 2. The van der Waals surface area contributed by atoms with Crippen molar-refractivity contribution in [3.05, 3.63) is 55.9 Å². The Hall–Kier alpha value is -3.46. The van der Waals surface area contributed by atoms with Gasteiger partial charge >= 0.3 is 0 Å². The number of carbonyl (C=O) groups excluding carboxylic acids is 2. The Kier molecular flexibility index (Phi) is 6.94. The summed E-state index contributed by atoms with van der Waals surface area (Å²) in [4.78, 5) is 26.7. The summed E-state index contributed by atoms with van der Waals surface area (Å²) < 4.78 is 56.9. The molecule has 0 spiro atoms. The predicted octanol–water partition coefficient (Wildman–Crippen LogP) is 2.40. The van der Waals surface area contributed by atoms with Crippen molar-refractivity contribution in [2.24, 2.45) is 0 Å². The second-order valence-corrected chi connectivity index (χ2v) is 9.31. The lowest BCUT2D eigenvalue weighted by molar-refractivity contribution is -0.838. The van der Waals surface area contributed by atoms with Gasteiger partial charge in [-0.15, -0.1) is 0 Å². The summed E-state index contributed by atoms with van der Waals surface area (Å²) in [7, 11) is 5.06. The summed E-state index contributed by atoms with van der Waals surface area (Å²) in [5.41, 5.74) is -5.64. The maximum absolute atomic E-state index is 15.2. The largest absolute Gasteiger partial charge is 0.633 e. The standard InChI is InChI=1S/C22H24F4N4O6/c1-29(2,35)7-5-27-17-9-10(18(14(24)13(17)23)28-6-8-30(3,4)36)20(32)12-11(19(9)31)21(33)15(25)16(26)22(12)34/h27-28,33-34H,5-8H2,1-4H3. The van der Waals surface area contributed by atoms with E-state index in [1.165, 1.54) is 28.2 Å². The number of anilines is 2. The molecule has 196 valence electrons. The fourth-order valence-corrected chi connectivity index (χ4v) is 3.73. The van der Waals surface area contributed by atoms with Crippen molar-refractivity contribution in [2.75, 3.05) is 65.0 Å². The van der Waals surface area contributed by atoms with Crippen LogP contribution in [0, 0.1) is 33.7 Å². The molecule has 1 aliphatic carbocycles. The molecule has 4 N–H and O–H groups in total. The first-order valence-corrected chi connectivity index (χ1v) is 10.6. The number of hydroxylamine groups is 6. The SMILES string of the molecule is C[N+](C)([O-])CCNc1c(F)c(F)c(NCC[N+](C)(C)[O-])c2c1C(=O)c1c(O)c(F)c(F)c(O)c1C2=O. The van der Waals surface area contributed by atoms with E-state index in [9.17, 15) is 39.0 Å². The van der Waals surface area contributed by atoms with E-state index >= 15 is 8.78 Å². The van der Waals surface area contributed by atoms with Crippen LogP contribution in [0.1, 0.15) is 31.8 Å². The van der Waals surface area contributed by atoms with Crippen LogP contribution in [0.25, 0.3) is 0 Å². The minimum atomic E-state index is -2.02. The molecule has 0 unspecified atom stereocenters. The Morgan fingerprint density at radius 1 is 0.639 bits per heavy atom. The highest BCUT2D eigenvalue weighted by molar-refractivity contribution is 6.33. The molecule has 2 aromatic rings. The van der Waals surface area contributed by atoms with Crippen LogP contribution in [0.4, 0.5) is 28.9 Å². The quantitative estimate of drug-likeness (QED) is 0.155. The number of nitrogens with zero attached hydrogens (tertiary/aromatic N) is 2. The molecule has 0 fully saturated rings. The van der Waals surface area contributed by atoms with Gasteiger partial charge in [-0.05, 0) is 0 Å². The molecule has 0 bridgehead atoms. The maximum Gasteiger partial charge on any atom is 0.205 e. The van der Waals surface area contributed by atoms with Gasteiger partial charge in [-0.3, -0.25) is 9.59 Å². The number of fused-ring (bicyclic) bond motifs is 2. The van der Waals surface area contributed by atoms with E-state index in [1.54, 1.807) is 0 Å². The molecule has 36 heavy (non-hydrogen) atoms. The summed E-state index contributed by atoms with van der Waals surface area (Å²) in [5.74, 6) is -13.3. The molecule has 0 radical (unpaired) electrons. The summed E-state index contributed by atoms with van der Waals surface area (Å²) in [6, 6.07) is 0. The third-order valence-corrected chi connectivity index (χ3v) is 5.53. The molecular formula is C22H24F4N4O6. The van der Waals surface area contributed by atoms with E-state index in [1.807, 2.05) is 0 Å². The summed E-state index contributed by atoms with van der Waals surface area (Å²) in [6.45, 7) is -0.956. The van der Waals surface area contributed by atoms with E-state index in [0.29, 0.717) is 0 Å². The molecule has 0 heterocycles. The van der Waals surface area contributed by atoms with Gasteiger partial charge in [0, 0.05) is 0 Å². The van der Waals surface area contributed by atoms with Gasteiger partial charge < -0.3 is 40.6 Å². The minimum Gasteiger partial charge on any atom is -0.633 e. The third-order valence-electron chi connectivity index (χ3n) is 5.53. The molecule has 0 saturated carbocycles. The number of benzene rings is 2. The number of carbonyl (C=O) groups is 2. The smallest absolute Gasteiger partial charge is 0.205 e. The van der Waals surface area contributed by atoms with Gasteiger partial charge in [0.1, 0.15) is 0 Å². The van der Waals surface area contributed by atoms with Gasteiger partial charge in [-0.2, -0.15) is 8.78 Å². The third kappa shape index (κ3) is 4.80. The lowest BCUT2D eigenvalue weighted by Crippen LogP contribution is -2.38. The highest BCUT2D eigenvalue weighted by Crippen LogP contribution is 2.46. The van der Waals surface area contributed by atoms with Crippen molar-refractivity contribution in [3.63, 3.8) is 0 Å². The van der Waals surface area contributed by atoms with E-state index in [-0.39, 0.29) is 26.2 Å². The molecule has 0 saturated heterocycles. The number of hydrogen-bond acceptors (Lipinski definition) is 8. The average Bonchev–Trinajstić information content (AvgIpc) is 2.75. The molecule has 10 nitrogen and oxygen atoms in total. The van der Waals surface area contributed by atoms with Crippen LogP contribution in [0.2, 0.25) is 0 Å². The summed E-state index contributed by atoms with van der Waals surface area (Å²) >= 11 is 0. The first-order valence-electron chi connectivity index (χ1n) is 10.6. The molecule has 1 aliphatic rings. The molecule has 3 rings (SSSR count). The summed E-state index contributed by atoms with van der Waals surface area (Å²) in [5, 5.41) is 48.6. The minimum absolute atomic E-state index is 0.184. The topological polar surface area (TPSA) is 145 Å². The number of quaternary nitrogens is 2. The second-order valence-electron chi connectivity index (χ2n) is 9.31. The van der Waals surface area contributed by atoms with Crippen LogP contribution in [-0.2, 0) is 0 Å². The number of phenolic OH excluding ortho intramolecular Hbond substituents is 2. The monoisotopic (exact) mass is 516 g/mol. The van der Waals surface area contributed by atoms with Gasteiger partial charge in [0.25, 0.3) is 0 Å². The number of likely N-dealkylation sites (N-methyl/N-ethyl adjacent to an activating group) is 2. The van der Waals surface area contributed by atoms with Gasteiger partial charge in [0.05, 0.1) is 88.0 Å². The molecule has 0 atom stereocenters. The van der Waals surface area contributed by atoms with E-state index < -0.39 is 89.3 Å². The lowest BCUT2D eigenvalue weighted by Gasteiger charge is -2.34. The fraction of sp³-hybridized carbons (Fsp3) is 0.364. The van der Waals surface area contributed by atoms with Crippen LogP contribution < -0.4 is 10.6 Å². The number of aromatic hydroxyl groups is 2. The molecule has 0 amide bonds. The Morgan fingerprint density at radius 3 is 1.22 bits per heavy atom. The molecule has 0 aromatic heterocycles. The predicted molar refractivity (Wildman–Crippen MR) is 121 cm³/mol. The van der Waals surface area contributed by atoms with Crippen LogP contribution in [0.15, 0.2) is 0 Å². The molecule has 14 heteroatoms. The lowest BCUT2D eigenvalue weighted by atomic mass is 9.80. The number of halogens is 4. The fourth-order valence-electron chi connectivity index (χ4n) is 3.73. The van der Waals surface area contributed by atoms with Crippen molar-refractivity contribution in [1.82, 2.24) is 0 Å². The molecule has 0 aliphatic heterocycles. The number of hydrogen-bond donors (Lipinski definition) is 4. The van der Waals surface area contributed by atoms with Gasteiger partial charge in [-0.25, -0.2) is 8.78 Å². The first-order chi connectivity index (χ1) is 16.5. The number of rotatable bonds is 8. The highest BCUT2D eigenvalue weighted by atomic mass is 19.2. The second kappa shape index (κ2) is 9.20. The van der Waals surface area contributed by atoms with Gasteiger partial charge in [-0.1, -0.05) is 0 Å². The van der Waals surface area contributed by atoms with E-state index in [2.05, 4.69) is 10.6 Å². The maximum atomic E-state index is 15.2. The molecule has 2 aromatic carbocycles. The highest BCUT2D eigenvalue weighted by Gasteiger charge is 2.43. The molecular weight excluding hydrogens is 492 g/mol. The number of nitrogens with one attached hydrogen (secondary N) is 2. The van der Waals surface area contributed by atoms with Crippen molar-refractivity contribution in [2.45, 2.75) is 0 Å².